The number of benzene rings is 2. The number of rotatable bonds is 4. The molecule has 0 atom stereocenters. The lowest BCUT2D eigenvalue weighted by Crippen LogP contribution is -2.26. The lowest BCUT2D eigenvalue weighted by atomic mass is 10.0. The van der Waals surface area contributed by atoms with Crippen LogP contribution in [0.3, 0.4) is 0 Å². The summed E-state index contributed by atoms with van der Waals surface area (Å²) in [5.74, 6) is 0.103. The van der Waals surface area contributed by atoms with E-state index in [0.717, 1.165) is 25.1 Å². The van der Waals surface area contributed by atoms with E-state index in [4.69, 9.17) is 4.74 Å². The van der Waals surface area contributed by atoms with Crippen molar-refractivity contribution in [1.82, 2.24) is 0 Å². The van der Waals surface area contributed by atoms with Crippen LogP contribution in [0.4, 0.5) is 11.4 Å². The Morgan fingerprint density at radius 1 is 1.24 bits per heavy atom. The number of para-hydroxylation sites is 3. The number of aryl methyl sites for hydroxylation is 1. The van der Waals surface area contributed by atoms with E-state index in [1.807, 2.05) is 35.2 Å². The zero-order valence-electron chi connectivity index (χ0n) is 14.0. The summed E-state index contributed by atoms with van der Waals surface area (Å²) in [6.45, 7) is 0.782. The summed E-state index contributed by atoms with van der Waals surface area (Å²) in [5, 5.41) is 12.2. The summed E-state index contributed by atoms with van der Waals surface area (Å²) in [7, 11) is 1.54. The van der Waals surface area contributed by atoms with Crippen molar-refractivity contribution in [3.63, 3.8) is 0 Å². The number of carbonyl (C=O) groups excluding carboxylic acids is 1. The molecule has 0 bridgehead atoms. The fourth-order valence-corrected chi connectivity index (χ4v) is 2.93. The molecule has 0 unspecified atom stereocenters. The van der Waals surface area contributed by atoms with Gasteiger partial charge in [0.2, 0.25) is 0 Å². The molecule has 1 aliphatic heterocycles. The monoisotopic (exact) mass is 333 g/mol. The van der Waals surface area contributed by atoms with E-state index in [1.54, 1.807) is 24.4 Å². The Morgan fingerprint density at radius 3 is 2.80 bits per heavy atom. The molecule has 1 aliphatic rings. The van der Waals surface area contributed by atoms with Crippen LogP contribution in [-0.2, 0) is 11.2 Å². The van der Waals surface area contributed by atoms with Crippen molar-refractivity contribution in [3.05, 3.63) is 65.9 Å². The molecule has 0 spiro atoms. The van der Waals surface area contributed by atoms with Crippen LogP contribution in [0.15, 0.2) is 60.3 Å². The second-order valence-electron chi connectivity index (χ2n) is 5.73. The predicted octanol–water partition coefficient (Wildman–Crippen LogP) is 3.49. The molecule has 0 aliphatic carbocycles. The molecule has 1 amide bonds. The number of hydrogen-bond acceptors (Lipinski definition) is 4. The highest BCUT2D eigenvalue weighted by atomic mass is 16.5. The third kappa shape index (κ3) is 3.64. The van der Waals surface area contributed by atoms with Gasteiger partial charge >= 0.3 is 0 Å². The van der Waals surface area contributed by atoms with Crippen LogP contribution in [0, 0.1) is 11.3 Å². The summed E-state index contributed by atoms with van der Waals surface area (Å²) in [5.41, 5.74) is 2.87. The molecule has 5 nitrogen and oxygen atoms in total. The number of amides is 1. The highest BCUT2D eigenvalue weighted by Gasteiger charge is 2.18. The minimum Gasteiger partial charge on any atom is -0.495 e. The van der Waals surface area contributed by atoms with Crippen LogP contribution in [0.25, 0.3) is 0 Å². The molecule has 2 aromatic rings. The number of ether oxygens (including phenoxy) is 1. The number of nitriles is 1. The molecular weight excluding hydrogens is 314 g/mol. The number of carbonyl (C=O) groups is 1. The van der Waals surface area contributed by atoms with Crippen molar-refractivity contribution in [2.45, 2.75) is 12.8 Å². The van der Waals surface area contributed by atoms with Crippen molar-refractivity contribution in [1.29, 1.82) is 5.26 Å². The van der Waals surface area contributed by atoms with E-state index in [1.165, 1.54) is 12.7 Å². The number of methoxy groups -OCH3 is 1. The predicted molar refractivity (Wildman–Crippen MR) is 97.4 cm³/mol. The number of fused-ring (bicyclic) bond motifs is 1. The minimum atomic E-state index is -0.449. The summed E-state index contributed by atoms with van der Waals surface area (Å²) in [6, 6.07) is 17.2. The van der Waals surface area contributed by atoms with E-state index in [9.17, 15) is 10.1 Å². The number of anilines is 2. The summed E-state index contributed by atoms with van der Waals surface area (Å²) in [4.78, 5) is 14.5. The number of hydrogen-bond donors (Lipinski definition) is 1. The number of nitrogens with one attached hydrogen (secondary N) is 1. The topological polar surface area (TPSA) is 65.4 Å². The standard InChI is InChI=1S/C20H19N3O2/c1-25-19-11-5-3-9-17(19)22-20(24)16(13-21)14-23-12-6-8-15-7-2-4-10-18(15)23/h2-5,7,9-11,14H,6,8,12H2,1H3,(H,22,24)/b16-14-. The molecule has 1 N–H and O–H groups in total. The lowest BCUT2D eigenvalue weighted by Gasteiger charge is -2.28. The van der Waals surface area contributed by atoms with Crippen LogP contribution in [-0.4, -0.2) is 19.6 Å². The molecule has 5 heteroatoms. The second-order valence-corrected chi connectivity index (χ2v) is 5.73. The Balaban J connectivity index is 1.84. The molecule has 0 fully saturated rings. The van der Waals surface area contributed by atoms with Crippen LogP contribution in [0.5, 0.6) is 5.75 Å². The molecule has 3 rings (SSSR count). The van der Waals surface area contributed by atoms with Crippen molar-refractivity contribution < 1.29 is 9.53 Å². The van der Waals surface area contributed by atoms with Gasteiger partial charge in [0, 0.05) is 18.4 Å². The van der Waals surface area contributed by atoms with Crippen molar-refractivity contribution >= 4 is 17.3 Å². The van der Waals surface area contributed by atoms with E-state index >= 15 is 0 Å². The van der Waals surface area contributed by atoms with Crippen molar-refractivity contribution in [2.24, 2.45) is 0 Å². The zero-order chi connectivity index (χ0) is 17.6. The van der Waals surface area contributed by atoms with E-state index in [0.29, 0.717) is 11.4 Å². The van der Waals surface area contributed by atoms with Gasteiger partial charge in [-0.3, -0.25) is 4.79 Å². The maximum absolute atomic E-state index is 12.5. The van der Waals surface area contributed by atoms with Gasteiger partial charge in [0.05, 0.1) is 12.8 Å². The Kier molecular flexibility index (Phi) is 5.00. The average Bonchev–Trinajstić information content (AvgIpc) is 2.66. The molecule has 126 valence electrons. The first-order valence-electron chi connectivity index (χ1n) is 8.14. The van der Waals surface area contributed by atoms with Gasteiger partial charge in [0.1, 0.15) is 17.4 Å². The number of nitrogens with zero attached hydrogens (tertiary/aromatic N) is 2. The van der Waals surface area contributed by atoms with Gasteiger partial charge in [-0.25, -0.2) is 0 Å². The van der Waals surface area contributed by atoms with E-state index in [-0.39, 0.29) is 5.57 Å². The molecule has 0 saturated heterocycles. The van der Waals surface area contributed by atoms with Crippen molar-refractivity contribution in [2.75, 3.05) is 23.9 Å². The van der Waals surface area contributed by atoms with Crippen LogP contribution in [0.1, 0.15) is 12.0 Å². The molecule has 2 aromatic carbocycles. The highest BCUT2D eigenvalue weighted by molar-refractivity contribution is 6.07. The van der Waals surface area contributed by atoms with Gasteiger partial charge in [0.25, 0.3) is 5.91 Å². The molecular formula is C20H19N3O2. The third-order valence-electron chi connectivity index (χ3n) is 4.15. The summed E-state index contributed by atoms with van der Waals surface area (Å²) < 4.78 is 5.23. The molecule has 0 aromatic heterocycles. The fourth-order valence-electron chi connectivity index (χ4n) is 2.93. The van der Waals surface area contributed by atoms with Crippen LogP contribution in [0.2, 0.25) is 0 Å². The highest BCUT2D eigenvalue weighted by Crippen LogP contribution is 2.28. The molecule has 0 radical (unpaired) electrons. The summed E-state index contributed by atoms with van der Waals surface area (Å²) in [6.07, 6.45) is 3.62. The van der Waals surface area contributed by atoms with Crippen LogP contribution >= 0.6 is 0 Å². The third-order valence-corrected chi connectivity index (χ3v) is 4.15. The van der Waals surface area contributed by atoms with Gasteiger partial charge < -0.3 is 15.0 Å². The first-order valence-corrected chi connectivity index (χ1v) is 8.14. The zero-order valence-corrected chi connectivity index (χ0v) is 14.0. The largest absolute Gasteiger partial charge is 0.495 e. The maximum Gasteiger partial charge on any atom is 0.267 e. The van der Waals surface area contributed by atoms with Gasteiger partial charge in [-0.2, -0.15) is 5.26 Å². The lowest BCUT2D eigenvalue weighted by molar-refractivity contribution is -0.112. The van der Waals surface area contributed by atoms with E-state index < -0.39 is 5.91 Å². The quantitative estimate of drug-likeness (QED) is 0.687. The Bertz CT molecular complexity index is 852. The van der Waals surface area contributed by atoms with Gasteiger partial charge in [-0.15, -0.1) is 0 Å². The normalized spacial score (nSPS) is 13.6. The second kappa shape index (κ2) is 7.54. The van der Waals surface area contributed by atoms with Gasteiger partial charge in [-0.1, -0.05) is 30.3 Å². The Morgan fingerprint density at radius 2 is 2.00 bits per heavy atom. The molecule has 0 saturated carbocycles. The smallest absolute Gasteiger partial charge is 0.267 e. The average molecular weight is 333 g/mol. The first kappa shape index (κ1) is 16.6. The SMILES string of the molecule is COc1ccccc1NC(=O)/C(C#N)=C\N1CCCc2ccccc21. The Labute approximate surface area is 147 Å². The Hall–Kier alpha value is -3.26. The van der Waals surface area contributed by atoms with E-state index in [2.05, 4.69) is 11.4 Å². The minimum absolute atomic E-state index is 0.0580. The van der Waals surface area contributed by atoms with Crippen LogP contribution < -0.4 is 15.0 Å². The first-order chi connectivity index (χ1) is 12.2. The van der Waals surface area contributed by atoms with Crippen molar-refractivity contribution in [3.8, 4) is 11.8 Å². The fraction of sp³-hybridized carbons (Fsp3) is 0.200. The van der Waals surface area contributed by atoms with Gasteiger partial charge in [-0.05, 0) is 36.6 Å². The molecule has 1 heterocycles. The molecule has 25 heavy (non-hydrogen) atoms. The maximum atomic E-state index is 12.5. The summed E-state index contributed by atoms with van der Waals surface area (Å²) >= 11 is 0. The van der Waals surface area contributed by atoms with Gasteiger partial charge in [0.15, 0.2) is 0 Å².